The topological polar surface area (TPSA) is 9.23 Å². The second-order valence-corrected chi connectivity index (χ2v) is 3.78. The molecule has 62 valence electrons. The molecule has 0 bridgehead atoms. The predicted molar refractivity (Wildman–Crippen MR) is 53.4 cm³/mol. The number of methoxy groups -OCH3 is 1. The first-order valence-electron chi connectivity index (χ1n) is 4.48. The molecule has 0 saturated carbocycles. The van der Waals surface area contributed by atoms with Crippen molar-refractivity contribution < 1.29 is 4.74 Å². The van der Waals surface area contributed by atoms with E-state index in [0.29, 0.717) is 0 Å². The van der Waals surface area contributed by atoms with Gasteiger partial charge in [0.2, 0.25) is 0 Å². The molecule has 3 heteroatoms. The molecule has 0 aromatic rings. The zero-order valence-electron chi connectivity index (χ0n) is 7.77. The standard InChI is InChI=1S/C8H17OS.Li/c1-3-4-5-6-7-10-8-9-2;/h1,3-8H2,2H3;. The van der Waals surface area contributed by atoms with Crippen molar-refractivity contribution in [1.29, 1.82) is 0 Å². The third-order valence-corrected chi connectivity index (χ3v) is 2.57. The number of hydrogen-bond acceptors (Lipinski definition) is 2. The molecule has 0 spiro atoms. The Labute approximate surface area is 83.9 Å². The van der Waals surface area contributed by atoms with Gasteiger partial charge in [0, 0.05) is 0 Å². The van der Waals surface area contributed by atoms with E-state index >= 15 is 0 Å². The molecule has 0 atom stereocenters. The number of hydrogen-bond donors (Lipinski definition) is 0. The first-order chi connectivity index (χ1) is 5.41. The van der Waals surface area contributed by atoms with Gasteiger partial charge in [-0.1, -0.05) is 0 Å². The van der Waals surface area contributed by atoms with E-state index in [9.17, 15) is 0 Å². The minimum absolute atomic E-state index is 0.855. The Morgan fingerprint density at radius 3 is 2.55 bits per heavy atom. The Morgan fingerprint density at radius 1 is 1.18 bits per heavy atom. The summed E-state index contributed by atoms with van der Waals surface area (Å²) < 4.78 is 4.93. The van der Waals surface area contributed by atoms with Gasteiger partial charge in [0.05, 0.1) is 0 Å². The van der Waals surface area contributed by atoms with Gasteiger partial charge in [-0.2, -0.15) is 0 Å². The Balaban J connectivity index is 2.69. The Bertz CT molecular complexity index is 63.1. The van der Waals surface area contributed by atoms with E-state index in [-0.39, 0.29) is 0 Å². The molecular weight excluding hydrogens is 151 g/mol. The third-order valence-electron chi connectivity index (χ3n) is 1.59. The van der Waals surface area contributed by atoms with Crippen molar-refractivity contribution >= 4 is 29.5 Å². The van der Waals surface area contributed by atoms with Crippen LogP contribution in [0.25, 0.3) is 0 Å². The molecule has 0 N–H and O–H groups in total. The van der Waals surface area contributed by atoms with Crippen LogP contribution in [0.2, 0.25) is 5.09 Å². The van der Waals surface area contributed by atoms with Crippen molar-refractivity contribution in [3.63, 3.8) is 0 Å². The Morgan fingerprint density at radius 2 is 1.91 bits per heavy atom. The summed E-state index contributed by atoms with van der Waals surface area (Å²) in [5.74, 6) is 2.12. The molecule has 0 unspecified atom stereocenters. The van der Waals surface area contributed by atoms with Crippen LogP contribution >= 0.6 is 11.8 Å². The number of ether oxygens (including phenoxy) is 1. The quantitative estimate of drug-likeness (QED) is 0.313. The normalized spacial score (nSPS) is 10.5. The summed E-state index contributed by atoms with van der Waals surface area (Å²) in [5, 5.41) is 1.34. The van der Waals surface area contributed by atoms with Gasteiger partial charge < -0.3 is 0 Å². The van der Waals surface area contributed by atoms with Crippen LogP contribution in [-0.4, -0.2) is 36.5 Å². The van der Waals surface area contributed by atoms with E-state index in [2.05, 4.69) is 17.7 Å². The molecule has 0 radical (unpaired) electrons. The van der Waals surface area contributed by atoms with Crippen molar-refractivity contribution in [3.05, 3.63) is 0 Å². The van der Waals surface area contributed by atoms with Crippen LogP contribution in [0, 0.1) is 0 Å². The average molecular weight is 168 g/mol. The minimum atomic E-state index is 0.855. The van der Waals surface area contributed by atoms with Gasteiger partial charge in [-0.05, 0) is 0 Å². The molecular formula is C8H17LiOS. The molecule has 0 aromatic carbocycles. The van der Waals surface area contributed by atoms with E-state index < -0.39 is 0 Å². The van der Waals surface area contributed by atoms with Crippen LogP contribution in [0.1, 0.15) is 25.7 Å². The molecule has 0 aromatic heterocycles. The van der Waals surface area contributed by atoms with Gasteiger partial charge in [-0.3, -0.25) is 0 Å². The van der Waals surface area contributed by atoms with E-state index in [1.54, 1.807) is 7.11 Å². The summed E-state index contributed by atoms with van der Waals surface area (Å²) in [5.41, 5.74) is 0. The summed E-state index contributed by atoms with van der Waals surface area (Å²) in [6.45, 7) is 0. The molecule has 0 aliphatic rings. The number of rotatable bonds is 8. The van der Waals surface area contributed by atoms with E-state index in [0.717, 1.165) is 5.94 Å². The van der Waals surface area contributed by atoms with Gasteiger partial charge in [0.25, 0.3) is 0 Å². The second-order valence-electron chi connectivity index (χ2n) is 2.73. The molecule has 1 nitrogen and oxygen atoms in total. The zero-order valence-corrected chi connectivity index (χ0v) is 8.58. The van der Waals surface area contributed by atoms with Gasteiger partial charge in [0.1, 0.15) is 0 Å². The third kappa shape index (κ3) is 10.9. The summed E-state index contributed by atoms with van der Waals surface area (Å²) in [7, 11) is 1.75. The van der Waals surface area contributed by atoms with Gasteiger partial charge in [0.15, 0.2) is 0 Å². The maximum absolute atomic E-state index is 4.93. The van der Waals surface area contributed by atoms with Crippen molar-refractivity contribution in [2.75, 3.05) is 18.8 Å². The van der Waals surface area contributed by atoms with Crippen LogP contribution in [0.15, 0.2) is 0 Å². The van der Waals surface area contributed by atoms with Crippen molar-refractivity contribution in [3.8, 4) is 0 Å². The summed E-state index contributed by atoms with van der Waals surface area (Å²) in [4.78, 5) is 0. The first-order valence-corrected chi connectivity index (χ1v) is 5.64. The predicted octanol–water partition coefficient (Wildman–Crippen LogP) is 2.47. The monoisotopic (exact) mass is 168 g/mol. The zero-order chi connectivity index (χ0) is 8.36. The van der Waals surface area contributed by atoms with E-state index in [4.69, 9.17) is 4.74 Å². The van der Waals surface area contributed by atoms with Crippen LogP contribution in [-0.2, 0) is 4.74 Å². The van der Waals surface area contributed by atoms with Crippen molar-refractivity contribution in [1.82, 2.24) is 0 Å². The molecule has 0 fully saturated rings. The molecule has 0 amide bonds. The molecule has 0 rings (SSSR count). The Hall–Kier alpha value is 0.907. The Kier molecular flexibility index (Phi) is 11.8. The fourth-order valence-corrected chi connectivity index (χ4v) is 1.64. The van der Waals surface area contributed by atoms with Crippen LogP contribution in [0.4, 0.5) is 0 Å². The van der Waals surface area contributed by atoms with Crippen molar-refractivity contribution in [2.24, 2.45) is 0 Å². The van der Waals surface area contributed by atoms with Crippen LogP contribution < -0.4 is 0 Å². The van der Waals surface area contributed by atoms with Gasteiger partial charge in [-0.25, -0.2) is 0 Å². The molecule has 0 heterocycles. The number of thioether (sulfide) groups is 1. The molecule has 0 aliphatic carbocycles. The second kappa shape index (κ2) is 10.9. The van der Waals surface area contributed by atoms with Crippen molar-refractivity contribution in [2.45, 2.75) is 30.8 Å². The van der Waals surface area contributed by atoms with Crippen LogP contribution in [0.5, 0.6) is 0 Å². The summed E-state index contributed by atoms with van der Waals surface area (Å²) in [6, 6.07) is 0. The molecule has 0 aliphatic heterocycles. The molecule has 0 saturated heterocycles. The fourth-order valence-electron chi connectivity index (χ4n) is 0.950. The van der Waals surface area contributed by atoms with E-state index in [1.807, 2.05) is 11.8 Å². The fraction of sp³-hybridized carbons (Fsp3) is 1.00. The molecule has 11 heavy (non-hydrogen) atoms. The number of unbranched alkanes of at least 4 members (excludes halogenated alkanes) is 3. The van der Waals surface area contributed by atoms with Gasteiger partial charge in [-0.15, -0.1) is 0 Å². The van der Waals surface area contributed by atoms with Gasteiger partial charge >= 0.3 is 83.8 Å². The maximum atomic E-state index is 4.93. The summed E-state index contributed by atoms with van der Waals surface area (Å²) >= 11 is 4.14. The van der Waals surface area contributed by atoms with Crippen LogP contribution in [0.3, 0.4) is 0 Å². The SMILES string of the molecule is [Li][CH2]CCCCCSCOC. The first kappa shape index (κ1) is 11.9. The average Bonchev–Trinajstić information content (AvgIpc) is 2.03. The summed E-state index contributed by atoms with van der Waals surface area (Å²) in [6.07, 6.45) is 5.55. The van der Waals surface area contributed by atoms with E-state index in [1.165, 1.54) is 36.5 Å².